The summed E-state index contributed by atoms with van der Waals surface area (Å²) in [5, 5.41) is 3.77. The normalized spacial score (nSPS) is 11.0. The molecule has 2 heterocycles. The second kappa shape index (κ2) is 5.54. The first kappa shape index (κ1) is 14.2. The summed E-state index contributed by atoms with van der Waals surface area (Å²) >= 11 is 7.42. The molecule has 0 aliphatic rings. The van der Waals surface area contributed by atoms with Gasteiger partial charge in [0.1, 0.15) is 22.3 Å². The van der Waals surface area contributed by atoms with Crippen molar-refractivity contribution >= 4 is 44.7 Å². The third-order valence-electron chi connectivity index (χ3n) is 2.89. The first-order valence-electron chi connectivity index (χ1n) is 6.24. The summed E-state index contributed by atoms with van der Waals surface area (Å²) < 4.78 is 26.5. The van der Waals surface area contributed by atoms with Gasteiger partial charge in [0, 0.05) is 16.6 Å². The highest BCUT2D eigenvalue weighted by Gasteiger charge is 2.11. The van der Waals surface area contributed by atoms with Gasteiger partial charge in [-0.3, -0.25) is 0 Å². The van der Waals surface area contributed by atoms with E-state index in [1.807, 2.05) is 13.0 Å². The van der Waals surface area contributed by atoms with Gasteiger partial charge in [0.15, 0.2) is 0 Å². The maximum Gasteiger partial charge on any atom is 0.225 e. The van der Waals surface area contributed by atoms with E-state index in [1.165, 1.54) is 23.5 Å². The lowest BCUT2D eigenvalue weighted by molar-refractivity contribution is 0.584. The molecule has 7 heteroatoms. The summed E-state index contributed by atoms with van der Waals surface area (Å²) in [6, 6.07) is 5.15. The van der Waals surface area contributed by atoms with Gasteiger partial charge in [-0.2, -0.15) is 4.98 Å². The molecule has 3 rings (SSSR count). The van der Waals surface area contributed by atoms with Crippen LogP contribution >= 0.6 is 22.9 Å². The molecule has 0 spiro atoms. The molecular formula is C14H10ClF2N3S. The van der Waals surface area contributed by atoms with Crippen molar-refractivity contribution in [1.82, 2.24) is 9.97 Å². The number of aryl methyl sites for hydroxylation is 1. The Morgan fingerprint density at radius 3 is 2.52 bits per heavy atom. The third-order valence-corrected chi connectivity index (χ3v) is 4.23. The van der Waals surface area contributed by atoms with E-state index in [1.54, 1.807) is 0 Å². The monoisotopic (exact) mass is 325 g/mol. The van der Waals surface area contributed by atoms with Crippen molar-refractivity contribution in [3.8, 4) is 0 Å². The molecule has 0 atom stereocenters. The number of halogens is 3. The Morgan fingerprint density at radius 1 is 1.14 bits per heavy atom. The lowest BCUT2D eigenvalue weighted by atomic mass is 10.2. The van der Waals surface area contributed by atoms with Gasteiger partial charge in [0.2, 0.25) is 5.28 Å². The predicted molar refractivity (Wildman–Crippen MR) is 81.4 cm³/mol. The fourth-order valence-electron chi connectivity index (χ4n) is 1.98. The van der Waals surface area contributed by atoms with Crippen LogP contribution in [0, 0.1) is 11.6 Å². The number of benzene rings is 1. The number of rotatable bonds is 3. The Morgan fingerprint density at radius 2 is 1.86 bits per heavy atom. The standard InChI is InChI=1S/C14H10ClF2N3S/c1-2-10-6-11-12(19-14(15)20-13(11)21-10)18-9-4-7(16)3-8(17)5-9/h3-6H,2H2,1H3,(H,18,19,20). The Labute approximate surface area is 128 Å². The Hall–Kier alpha value is -1.79. The molecule has 0 saturated carbocycles. The lowest BCUT2D eigenvalue weighted by Crippen LogP contribution is -1.97. The summed E-state index contributed by atoms with van der Waals surface area (Å²) in [7, 11) is 0. The Balaban J connectivity index is 2.08. The van der Waals surface area contributed by atoms with Gasteiger partial charge in [-0.1, -0.05) is 6.92 Å². The minimum Gasteiger partial charge on any atom is -0.339 e. The average molecular weight is 326 g/mol. The van der Waals surface area contributed by atoms with Crippen molar-refractivity contribution in [3.05, 3.63) is 46.1 Å². The van der Waals surface area contributed by atoms with Crippen molar-refractivity contribution in [2.45, 2.75) is 13.3 Å². The number of fused-ring (bicyclic) bond motifs is 1. The summed E-state index contributed by atoms with van der Waals surface area (Å²) in [6.07, 6.45) is 0.868. The molecule has 3 nitrogen and oxygen atoms in total. The summed E-state index contributed by atoms with van der Waals surface area (Å²) in [5.41, 5.74) is 0.271. The van der Waals surface area contributed by atoms with Gasteiger partial charge < -0.3 is 5.32 Å². The molecule has 21 heavy (non-hydrogen) atoms. The zero-order chi connectivity index (χ0) is 15.0. The minimum absolute atomic E-state index is 0.0892. The van der Waals surface area contributed by atoms with Gasteiger partial charge in [-0.05, 0) is 36.2 Å². The van der Waals surface area contributed by atoms with Crippen molar-refractivity contribution in [2.75, 3.05) is 5.32 Å². The van der Waals surface area contributed by atoms with Crippen LogP contribution in [0.15, 0.2) is 24.3 Å². The van der Waals surface area contributed by atoms with Crippen LogP contribution < -0.4 is 5.32 Å². The van der Waals surface area contributed by atoms with E-state index in [9.17, 15) is 8.78 Å². The van der Waals surface area contributed by atoms with Crippen LogP contribution in [-0.4, -0.2) is 9.97 Å². The highest BCUT2D eigenvalue weighted by Crippen LogP contribution is 2.32. The van der Waals surface area contributed by atoms with Crippen LogP contribution in [0.25, 0.3) is 10.2 Å². The Bertz CT molecular complexity index is 799. The summed E-state index contributed by atoms with van der Waals surface area (Å²) in [6.45, 7) is 2.04. The summed E-state index contributed by atoms with van der Waals surface area (Å²) in [4.78, 5) is 10.2. The van der Waals surface area contributed by atoms with E-state index in [0.717, 1.165) is 27.6 Å². The molecule has 0 unspecified atom stereocenters. The molecule has 0 radical (unpaired) electrons. The fraction of sp³-hybridized carbons (Fsp3) is 0.143. The molecule has 1 aromatic carbocycles. The fourth-order valence-corrected chi connectivity index (χ4v) is 3.16. The van der Waals surface area contributed by atoms with Crippen LogP contribution in [0.4, 0.5) is 20.3 Å². The molecule has 3 aromatic rings. The average Bonchev–Trinajstić information content (AvgIpc) is 2.80. The number of thiophene rings is 1. The maximum atomic E-state index is 13.2. The van der Waals surface area contributed by atoms with Gasteiger partial charge in [0.05, 0.1) is 5.39 Å². The largest absolute Gasteiger partial charge is 0.339 e. The van der Waals surface area contributed by atoms with Crippen LogP contribution in [0.5, 0.6) is 0 Å². The van der Waals surface area contributed by atoms with Gasteiger partial charge in [-0.15, -0.1) is 11.3 Å². The number of aromatic nitrogens is 2. The van der Waals surface area contributed by atoms with Gasteiger partial charge in [-0.25, -0.2) is 13.8 Å². The number of nitrogens with zero attached hydrogens (tertiary/aromatic N) is 2. The molecule has 0 aliphatic carbocycles. The molecule has 0 saturated heterocycles. The zero-order valence-corrected chi connectivity index (χ0v) is 12.5. The molecule has 0 fully saturated rings. The molecule has 1 N–H and O–H groups in total. The smallest absolute Gasteiger partial charge is 0.225 e. The van der Waals surface area contributed by atoms with Crippen LogP contribution in [0.3, 0.4) is 0 Å². The van der Waals surface area contributed by atoms with E-state index in [4.69, 9.17) is 11.6 Å². The topological polar surface area (TPSA) is 37.8 Å². The summed E-state index contributed by atoms with van der Waals surface area (Å²) in [5.74, 6) is -0.882. The van der Waals surface area contributed by atoms with Crippen molar-refractivity contribution in [3.63, 3.8) is 0 Å². The number of hydrogen-bond donors (Lipinski definition) is 1. The zero-order valence-electron chi connectivity index (χ0n) is 11.0. The highest BCUT2D eigenvalue weighted by atomic mass is 35.5. The predicted octanol–water partition coefficient (Wildman–Crippen LogP) is 4.93. The first-order valence-corrected chi connectivity index (χ1v) is 7.43. The van der Waals surface area contributed by atoms with Gasteiger partial charge >= 0.3 is 0 Å². The molecule has 108 valence electrons. The van der Waals surface area contributed by atoms with E-state index in [-0.39, 0.29) is 11.0 Å². The lowest BCUT2D eigenvalue weighted by Gasteiger charge is -2.07. The van der Waals surface area contributed by atoms with Crippen molar-refractivity contribution in [1.29, 1.82) is 0 Å². The second-order valence-corrected chi connectivity index (χ2v) is 5.86. The molecule has 0 aliphatic heterocycles. The molecular weight excluding hydrogens is 316 g/mol. The third kappa shape index (κ3) is 2.96. The highest BCUT2D eigenvalue weighted by molar-refractivity contribution is 7.18. The molecule has 2 aromatic heterocycles. The van der Waals surface area contributed by atoms with Crippen LogP contribution in [0.2, 0.25) is 5.28 Å². The van der Waals surface area contributed by atoms with E-state index in [2.05, 4.69) is 15.3 Å². The van der Waals surface area contributed by atoms with Crippen LogP contribution in [-0.2, 0) is 6.42 Å². The maximum absolute atomic E-state index is 13.2. The number of anilines is 2. The van der Waals surface area contributed by atoms with E-state index >= 15 is 0 Å². The van der Waals surface area contributed by atoms with Crippen LogP contribution in [0.1, 0.15) is 11.8 Å². The van der Waals surface area contributed by atoms with Crippen molar-refractivity contribution in [2.24, 2.45) is 0 Å². The molecule has 0 bridgehead atoms. The minimum atomic E-state index is -0.659. The van der Waals surface area contributed by atoms with E-state index in [0.29, 0.717) is 5.82 Å². The first-order chi connectivity index (χ1) is 10.0. The van der Waals surface area contributed by atoms with Crippen molar-refractivity contribution < 1.29 is 8.78 Å². The quantitative estimate of drug-likeness (QED) is 0.694. The molecule has 0 amide bonds. The number of nitrogens with one attached hydrogen (secondary N) is 1. The van der Waals surface area contributed by atoms with E-state index < -0.39 is 11.6 Å². The van der Waals surface area contributed by atoms with Gasteiger partial charge in [0.25, 0.3) is 0 Å². The second-order valence-electron chi connectivity index (χ2n) is 4.41. The SMILES string of the molecule is CCc1cc2c(Nc3cc(F)cc(F)c3)nc(Cl)nc2s1. The number of hydrogen-bond acceptors (Lipinski definition) is 4. The Kier molecular flexibility index (Phi) is 3.73.